The summed E-state index contributed by atoms with van der Waals surface area (Å²) in [6.45, 7) is 2.76. The molecule has 13 heavy (non-hydrogen) atoms. The summed E-state index contributed by atoms with van der Waals surface area (Å²) >= 11 is 0. The van der Waals surface area contributed by atoms with Crippen molar-refractivity contribution < 1.29 is 9.59 Å². The Morgan fingerprint density at radius 1 is 1.46 bits per heavy atom. The van der Waals surface area contributed by atoms with E-state index in [0.717, 1.165) is 0 Å². The molecule has 4 nitrogen and oxygen atoms in total. The third kappa shape index (κ3) is 5.28. The number of amides is 2. The van der Waals surface area contributed by atoms with Gasteiger partial charge in [0.05, 0.1) is 7.85 Å². The summed E-state index contributed by atoms with van der Waals surface area (Å²) in [5, 5.41) is 2.67. The molecule has 0 aliphatic rings. The van der Waals surface area contributed by atoms with Crippen molar-refractivity contribution in [2.45, 2.75) is 19.7 Å². The Bertz CT molecular complexity index is 185. The normalized spacial score (nSPS) is 9.38. The molecule has 0 saturated heterocycles. The zero-order chi connectivity index (χ0) is 10.3. The summed E-state index contributed by atoms with van der Waals surface area (Å²) in [7, 11) is 6.81. The highest BCUT2D eigenvalue weighted by molar-refractivity contribution is 6.19. The van der Waals surface area contributed by atoms with E-state index in [1.807, 2.05) is 0 Å². The van der Waals surface area contributed by atoms with Gasteiger partial charge in [0.15, 0.2) is 0 Å². The van der Waals surface area contributed by atoms with Crippen molar-refractivity contribution in [1.29, 1.82) is 0 Å². The van der Waals surface area contributed by atoms with Crippen LogP contribution in [0.5, 0.6) is 0 Å². The first-order valence-corrected chi connectivity index (χ1v) is 4.32. The van der Waals surface area contributed by atoms with Gasteiger partial charge < -0.3 is 10.2 Å². The minimum atomic E-state index is -0.120. The Hall–Kier alpha value is -0.995. The molecule has 0 saturated carbocycles. The van der Waals surface area contributed by atoms with Crippen LogP contribution in [0.1, 0.15) is 13.3 Å². The van der Waals surface area contributed by atoms with Gasteiger partial charge in [0, 0.05) is 26.6 Å². The number of hydrogen-bond acceptors (Lipinski definition) is 2. The highest BCUT2D eigenvalue weighted by atomic mass is 16.2. The topological polar surface area (TPSA) is 49.4 Å². The molecule has 0 heterocycles. The molecule has 0 aromatic rings. The smallest absolute Gasteiger partial charge is 0.219 e. The summed E-state index contributed by atoms with van der Waals surface area (Å²) in [6, 6.07) is 0. The van der Waals surface area contributed by atoms with Gasteiger partial charge in [-0.05, 0) is 6.32 Å². The highest BCUT2D eigenvalue weighted by Crippen LogP contribution is 1.86. The van der Waals surface area contributed by atoms with Crippen LogP contribution in [0.3, 0.4) is 0 Å². The van der Waals surface area contributed by atoms with Gasteiger partial charge >= 0.3 is 0 Å². The Morgan fingerprint density at radius 3 is 2.54 bits per heavy atom. The maximum atomic E-state index is 10.9. The van der Waals surface area contributed by atoms with Crippen LogP contribution >= 0.6 is 0 Å². The number of likely N-dealkylation sites (N-methyl/N-ethyl adjacent to an activating group) is 1. The second-order valence-corrected chi connectivity index (χ2v) is 2.72. The number of rotatable bonds is 5. The molecule has 0 aliphatic heterocycles. The SMILES string of the molecule is [B]CC(=O)N(C)CCNC(=O)CC. The van der Waals surface area contributed by atoms with Crippen LogP contribution in [0.15, 0.2) is 0 Å². The van der Waals surface area contributed by atoms with Crippen molar-refractivity contribution >= 4 is 19.7 Å². The fraction of sp³-hybridized carbons (Fsp3) is 0.750. The number of nitrogens with one attached hydrogen (secondary N) is 1. The van der Waals surface area contributed by atoms with E-state index in [1.54, 1.807) is 14.0 Å². The van der Waals surface area contributed by atoms with Gasteiger partial charge in [0.1, 0.15) is 0 Å². The summed E-state index contributed by atoms with van der Waals surface area (Å²) in [4.78, 5) is 23.2. The van der Waals surface area contributed by atoms with Gasteiger partial charge in [-0.3, -0.25) is 9.59 Å². The molecular formula is C8H15BN2O2. The maximum Gasteiger partial charge on any atom is 0.219 e. The first-order valence-electron chi connectivity index (χ1n) is 4.32. The van der Waals surface area contributed by atoms with Crippen molar-refractivity contribution in [2.75, 3.05) is 20.1 Å². The molecule has 0 aromatic carbocycles. The lowest BCUT2D eigenvalue weighted by atomic mass is 10.0. The van der Waals surface area contributed by atoms with E-state index in [0.29, 0.717) is 19.5 Å². The van der Waals surface area contributed by atoms with Crippen molar-refractivity contribution in [1.82, 2.24) is 10.2 Å². The summed E-state index contributed by atoms with van der Waals surface area (Å²) in [5.41, 5.74) is 0. The first kappa shape index (κ1) is 12.0. The van der Waals surface area contributed by atoms with E-state index in [-0.39, 0.29) is 18.1 Å². The molecule has 72 valence electrons. The van der Waals surface area contributed by atoms with Gasteiger partial charge in [0.25, 0.3) is 0 Å². The molecule has 5 heteroatoms. The second kappa shape index (κ2) is 6.51. The summed E-state index contributed by atoms with van der Waals surface area (Å²) < 4.78 is 0. The van der Waals surface area contributed by atoms with Gasteiger partial charge in [-0.2, -0.15) is 0 Å². The van der Waals surface area contributed by atoms with Crippen LogP contribution < -0.4 is 5.32 Å². The Balaban J connectivity index is 3.53. The molecule has 0 fully saturated rings. The van der Waals surface area contributed by atoms with Gasteiger partial charge in [-0.25, -0.2) is 0 Å². The van der Waals surface area contributed by atoms with Crippen molar-refractivity contribution in [3.63, 3.8) is 0 Å². The number of hydrogen-bond donors (Lipinski definition) is 1. The van der Waals surface area contributed by atoms with E-state index in [1.165, 1.54) is 4.90 Å². The van der Waals surface area contributed by atoms with Crippen molar-refractivity contribution in [3.8, 4) is 0 Å². The molecule has 0 atom stereocenters. The van der Waals surface area contributed by atoms with E-state index < -0.39 is 0 Å². The molecule has 0 aromatic heterocycles. The first-order chi connectivity index (χ1) is 6.11. The Labute approximate surface area is 80.1 Å². The fourth-order valence-electron chi connectivity index (χ4n) is 0.769. The Morgan fingerprint density at radius 2 is 2.08 bits per heavy atom. The Kier molecular flexibility index (Phi) is 6.01. The number of carbonyl (C=O) groups is 2. The largest absolute Gasteiger partial charge is 0.354 e. The summed E-state index contributed by atoms with van der Waals surface area (Å²) in [6.07, 6.45) is 0.479. The van der Waals surface area contributed by atoms with E-state index >= 15 is 0 Å². The van der Waals surface area contributed by atoms with Crippen molar-refractivity contribution in [3.05, 3.63) is 0 Å². The predicted octanol–water partition coefficient (Wildman–Crippen LogP) is -0.442. The van der Waals surface area contributed by atoms with E-state index in [2.05, 4.69) is 5.32 Å². The lowest BCUT2D eigenvalue weighted by molar-refractivity contribution is -0.128. The molecule has 0 spiro atoms. The molecule has 0 aliphatic carbocycles. The van der Waals surface area contributed by atoms with Gasteiger partial charge in [-0.15, -0.1) is 0 Å². The number of carbonyl (C=O) groups excluding carboxylic acids is 2. The molecule has 0 bridgehead atoms. The minimum absolute atomic E-state index is 0.00593. The van der Waals surface area contributed by atoms with Crippen LogP contribution in [-0.2, 0) is 9.59 Å². The maximum absolute atomic E-state index is 10.9. The standard InChI is InChI=1S/C8H15BN2O2/c1-3-7(12)10-4-5-11(2)8(13)6-9/h3-6H2,1-2H3,(H,10,12). The third-order valence-electron chi connectivity index (χ3n) is 1.69. The lowest BCUT2D eigenvalue weighted by Crippen LogP contribution is -2.35. The molecule has 2 radical (unpaired) electrons. The molecule has 0 unspecified atom stereocenters. The molecule has 2 amide bonds. The van der Waals surface area contributed by atoms with Crippen LogP contribution in [0.2, 0.25) is 6.32 Å². The van der Waals surface area contributed by atoms with Crippen LogP contribution in [-0.4, -0.2) is 44.7 Å². The minimum Gasteiger partial charge on any atom is -0.354 e. The van der Waals surface area contributed by atoms with Crippen LogP contribution in [0.25, 0.3) is 0 Å². The molecular weight excluding hydrogens is 167 g/mol. The predicted molar refractivity (Wildman–Crippen MR) is 51.5 cm³/mol. The monoisotopic (exact) mass is 182 g/mol. The highest BCUT2D eigenvalue weighted by Gasteiger charge is 2.04. The van der Waals surface area contributed by atoms with E-state index in [9.17, 15) is 9.59 Å². The zero-order valence-electron chi connectivity index (χ0n) is 8.17. The van der Waals surface area contributed by atoms with Crippen LogP contribution in [0, 0.1) is 0 Å². The average molecular weight is 182 g/mol. The third-order valence-corrected chi connectivity index (χ3v) is 1.69. The zero-order valence-corrected chi connectivity index (χ0v) is 8.17. The van der Waals surface area contributed by atoms with Crippen LogP contribution in [0.4, 0.5) is 0 Å². The van der Waals surface area contributed by atoms with Gasteiger partial charge in [-0.1, -0.05) is 6.92 Å². The molecule has 0 rings (SSSR count). The second-order valence-electron chi connectivity index (χ2n) is 2.72. The molecule has 1 N–H and O–H groups in total. The fourth-order valence-corrected chi connectivity index (χ4v) is 0.769. The quantitative estimate of drug-likeness (QED) is 0.586. The lowest BCUT2D eigenvalue weighted by Gasteiger charge is -2.16. The van der Waals surface area contributed by atoms with E-state index in [4.69, 9.17) is 7.85 Å². The van der Waals surface area contributed by atoms with Crippen molar-refractivity contribution in [2.24, 2.45) is 0 Å². The van der Waals surface area contributed by atoms with Gasteiger partial charge in [0.2, 0.25) is 11.8 Å². The summed E-state index contributed by atoms with van der Waals surface area (Å²) in [5.74, 6) is -0.126. The number of nitrogens with zero attached hydrogens (tertiary/aromatic N) is 1. The average Bonchev–Trinajstić information content (AvgIpc) is 2.15.